The van der Waals surface area contributed by atoms with Gasteiger partial charge in [0, 0.05) is 6.54 Å². The second kappa shape index (κ2) is 10.6. The van der Waals surface area contributed by atoms with Crippen LogP contribution in [0.15, 0.2) is 66.7 Å². The molecule has 176 valence electrons. The first-order valence-electron chi connectivity index (χ1n) is 11.9. The highest BCUT2D eigenvalue weighted by atomic mass is 16.5. The maximum Gasteiger partial charge on any atom is 0.225 e. The number of fused-ring (bicyclic) bond motifs is 1. The second-order valence-electron chi connectivity index (χ2n) is 8.93. The minimum absolute atomic E-state index is 0.00114. The minimum atomic E-state index is -0.205. The van der Waals surface area contributed by atoms with Crippen molar-refractivity contribution < 1.29 is 9.53 Å². The lowest BCUT2D eigenvalue weighted by atomic mass is 10.1. The van der Waals surface area contributed by atoms with Gasteiger partial charge in [-0.05, 0) is 68.5 Å². The number of nitrogens with one attached hydrogen (secondary N) is 1. The van der Waals surface area contributed by atoms with Crippen LogP contribution in [-0.4, -0.2) is 22.1 Å². The zero-order chi connectivity index (χ0) is 24.1. The molecule has 0 fully saturated rings. The fourth-order valence-electron chi connectivity index (χ4n) is 4.42. The summed E-state index contributed by atoms with van der Waals surface area (Å²) in [6.45, 7) is 9.56. The van der Waals surface area contributed by atoms with Gasteiger partial charge in [-0.2, -0.15) is 0 Å². The van der Waals surface area contributed by atoms with Crippen LogP contribution in [0.2, 0.25) is 0 Å². The van der Waals surface area contributed by atoms with E-state index in [1.807, 2.05) is 56.3 Å². The smallest absolute Gasteiger partial charge is 0.225 e. The van der Waals surface area contributed by atoms with E-state index in [-0.39, 0.29) is 11.9 Å². The molecule has 0 saturated carbocycles. The molecule has 4 rings (SSSR count). The lowest BCUT2D eigenvalue weighted by Gasteiger charge is -2.17. The highest BCUT2D eigenvalue weighted by Crippen LogP contribution is 2.24. The Balaban J connectivity index is 1.46. The van der Waals surface area contributed by atoms with Crippen molar-refractivity contribution in [3.05, 3.63) is 94.8 Å². The molecule has 4 aromatic rings. The van der Waals surface area contributed by atoms with Crippen molar-refractivity contribution in [3.63, 3.8) is 0 Å². The molecule has 1 unspecified atom stereocenters. The van der Waals surface area contributed by atoms with Gasteiger partial charge in [0.1, 0.15) is 11.6 Å². The molecule has 1 aromatic heterocycles. The zero-order valence-corrected chi connectivity index (χ0v) is 20.5. The van der Waals surface area contributed by atoms with E-state index in [1.165, 1.54) is 0 Å². The molecule has 0 aliphatic carbocycles. The topological polar surface area (TPSA) is 56.2 Å². The molecule has 1 heterocycles. The van der Waals surface area contributed by atoms with Gasteiger partial charge in [-0.3, -0.25) is 4.79 Å². The third-order valence-corrected chi connectivity index (χ3v) is 6.24. The molecule has 0 aliphatic heterocycles. The summed E-state index contributed by atoms with van der Waals surface area (Å²) in [7, 11) is 0. The van der Waals surface area contributed by atoms with Crippen molar-refractivity contribution in [3.8, 4) is 5.75 Å². The average molecular weight is 456 g/mol. The number of aryl methyl sites for hydroxylation is 4. The summed E-state index contributed by atoms with van der Waals surface area (Å²) in [5.74, 6) is 1.83. The fourth-order valence-corrected chi connectivity index (χ4v) is 4.42. The molecular weight excluding hydrogens is 422 g/mol. The number of hydrogen-bond acceptors (Lipinski definition) is 3. The van der Waals surface area contributed by atoms with Gasteiger partial charge in [0.15, 0.2) is 0 Å². The quantitative estimate of drug-likeness (QED) is 0.322. The van der Waals surface area contributed by atoms with Gasteiger partial charge in [-0.25, -0.2) is 4.98 Å². The molecular formula is C29H33N3O2. The Bertz CT molecular complexity index is 1270. The molecule has 1 N–H and O–H groups in total. The van der Waals surface area contributed by atoms with Crippen LogP contribution >= 0.6 is 0 Å². The SMILES string of the molecule is Cc1ccccc1CC(=O)NC(C)c1nc2ccccc2n1CCCOc1c(C)cccc1C. The van der Waals surface area contributed by atoms with Crippen LogP contribution in [0.4, 0.5) is 0 Å². The first-order valence-corrected chi connectivity index (χ1v) is 11.9. The number of para-hydroxylation sites is 3. The molecule has 0 aliphatic rings. The van der Waals surface area contributed by atoms with Crippen LogP contribution in [-0.2, 0) is 17.8 Å². The summed E-state index contributed by atoms with van der Waals surface area (Å²) < 4.78 is 8.33. The van der Waals surface area contributed by atoms with E-state index in [0.29, 0.717) is 13.0 Å². The zero-order valence-electron chi connectivity index (χ0n) is 20.5. The standard InChI is InChI=1S/C29H33N3O2/c1-20-11-5-6-14-24(20)19-27(33)30-23(4)29-31-25-15-7-8-16-26(25)32(29)17-10-18-34-28-21(2)12-9-13-22(28)3/h5-9,11-16,23H,10,17-19H2,1-4H3,(H,30,33). The van der Waals surface area contributed by atoms with Crippen molar-refractivity contribution in [2.24, 2.45) is 0 Å². The van der Waals surface area contributed by atoms with E-state index in [1.54, 1.807) is 0 Å². The van der Waals surface area contributed by atoms with Crippen LogP contribution in [0.1, 0.15) is 47.5 Å². The Morgan fingerprint density at radius 3 is 2.38 bits per heavy atom. The number of rotatable bonds is 9. The predicted molar refractivity (Wildman–Crippen MR) is 137 cm³/mol. The number of ether oxygens (including phenoxy) is 1. The van der Waals surface area contributed by atoms with E-state index in [2.05, 4.69) is 48.0 Å². The molecule has 3 aromatic carbocycles. The van der Waals surface area contributed by atoms with Crippen molar-refractivity contribution in [2.75, 3.05) is 6.61 Å². The Labute approximate surface area is 201 Å². The normalized spacial score (nSPS) is 12.0. The van der Waals surface area contributed by atoms with Crippen molar-refractivity contribution in [1.29, 1.82) is 0 Å². The molecule has 0 saturated heterocycles. The number of benzene rings is 3. The molecule has 0 radical (unpaired) electrons. The third kappa shape index (κ3) is 5.30. The van der Waals surface area contributed by atoms with Gasteiger partial charge in [-0.15, -0.1) is 0 Å². The van der Waals surface area contributed by atoms with Crippen LogP contribution in [0.25, 0.3) is 11.0 Å². The summed E-state index contributed by atoms with van der Waals surface area (Å²) in [6.07, 6.45) is 1.20. The van der Waals surface area contributed by atoms with E-state index in [9.17, 15) is 4.79 Å². The van der Waals surface area contributed by atoms with Crippen molar-refractivity contribution in [2.45, 2.75) is 53.1 Å². The molecule has 34 heavy (non-hydrogen) atoms. The Morgan fingerprint density at radius 1 is 0.941 bits per heavy atom. The first kappa shape index (κ1) is 23.6. The predicted octanol–water partition coefficient (Wildman–Crippen LogP) is 5.85. The van der Waals surface area contributed by atoms with Crippen LogP contribution in [0, 0.1) is 20.8 Å². The van der Waals surface area contributed by atoms with Gasteiger partial charge in [0.25, 0.3) is 0 Å². The number of carbonyl (C=O) groups excluding carboxylic acids is 1. The summed E-state index contributed by atoms with van der Waals surface area (Å²) in [5.41, 5.74) is 6.49. The molecule has 0 bridgehead atoms. The van der Waals surface area contributed by atoms with Crippen molar-refractivity contribution >= 4 is 16.9 Å². The van der Waals surface area contributed by atoms with Gasteiger partial charge in [0.05, 0.1) is 30.1 Å². The Hall–Kier alpha value is -3.60. The number of carbonyl (C=O) groups is 1. The second-order valence-corrected chi connectivity index (χ2v) is 8.93. The molecule has 5 nitrogen and oxygen atoms in total. The first-order chi connectivity index (χ1) is 16.4. The number of aromatic nitrogens is 2. The van der Waals surface area contributed by atoms with E-state index < -0.39 is 0 Å². The van der Waals surface area contributed by atoms with Gasteiger partial charge < -0.3 is 14.6 Å². The summed E-state index contributed by atoms with van der Waals surface area (Å²) in [4.78, 5) is 17.7. The van der Waals surface area contributed by atoms with Gasteiger partial charge in [-0.1, -0.05) is 54.6 Å². The largest absolute Gasteiger partial charge is 0.493 e. The van der Waals surface area contributed by atoms with E-state index >= 15 is 0 Å². The Morgan fingerprint density at radius 2 is 1.62 bits per heavy atom. The van der Waals surface area contributed by atoms with Crippen molar-refractivity contribution in [1.82, 2.24) is 14.9 Å². The summed E-state index contributed by atoms with van der Waals surface area (Å²) in [6, 6.07) is 22.1. The Kier molecular flexibility index (Phi) is 7.31. The fraction of sp³-hybridized carbons (Fsp3) is 0.310. The third-order valence-electron chi connectivity index (χ3n) is 6.24. The average Bonchev–Trinajstić information content (AvgIpc) is 3.18. The molecule has 1 amide bonds. The van der Waals surface area contributed by atoms with Crippen LogP contribution < -0.4 is 10.1 Å². The number of hydrogen-bond donors (Lipinski definition) is 1. The summed E-state index contributed by atoms with van der Waals surface area (Å²) >= 11 is 0. The maximum absolute atomic E-state index is 12.8. The molecule has 1 atom stereocenters. The van der Waals surface area contributed by atoms with Gasteiger partial charge in [0.2, 0.25) is 5.91 Å². The lowest BCUT2D eigenvalue weighted by Crippen LogP contribution is -2.30. The van der Waals surface area contributed by atoms with Crippen LogP contribution in [0.3, 0.4) is 0 Å². The highest BCUT2D eigenvalue weighted by Gasteiger charge is 2.19. The monoisotopic (exact) mass is 455 g/mol. The summed E-state index contributed by atoms with van der Waals surface area (Å²) in [5, 5.41) is 3.15. The number of amides is 1. The van der Waals surface area contributed by atoms with E-state index in [4.69, 9.17) is 9.72 Å². The number of nitrogens with zero attached hydrogens (tertiary/aromatic N) is 2. The minimum Gasteiger partial charge on any atom is -0.493 e. The maximum atomic E-state index is 12.8. The lowest BCUT2D eigenvalue weighted by molar-refractivity contribution is -0.121. The highest BCUT2D eigenvalue weighted by molar-refractivity contribution is 5.80. The number of imidazole rings is 1. The molecule has 0 spiro atoms. The van der Waals surface area contributed by atoms with E-state index in [0.717, 1.165) is 57.8 Å². The van der Waals surface area contributed by atoms with Gasteiger partial charge >= 0.3 is 0 Å². The molecule has 5 heteroatoms. The van der Waals surface area contributed by atoms with Crippen LogP contribution in [0.5, 0.6) is 5.75 Å².